The van der Waals surface area contributed by atoms with Crippen molar-refractivity contribution < 1.29 is 9.90 Å². The number of hydrogen-bond donors (Lipinski definition) is 2. The highest BCUT2D eigenvalue weighted by Crippen LogP contribution is 1.96. The number of nitrogens with zero attached hydrogens (tertiary/aromatic N) is 2. The van der Waals surface area contributed by atoms with Gasteiger partial charge in [-0.2, -0.15) is 0 Å². The van der Waals surface area contributed by atoms with E-state index in [1.54, 1.807) is 14.1 Å². The Morgan fingerprint density at radius 1 is 1.64 bits per heavy atom. The summed E-state index contributed by atoms with van der Waals surface area (Å²) in [7, 11) is 3.27. The number of thiocarbonyl (C=S) groups is 1. The summed E-state index contributed by atoms with van der Waals surface area (Å²) in [5.41, 5.74) is 0. The number of thiol groups is 1. The molecule has 0 amide bonds. The van der Waals surface area contributed by atoms with Gasteiger partial charge in [0.1, 0.15) is 10.9 Å². The Labute approximate surface area is 76.2 Å². The van der Waals surface area contributed by atoms with Gasteiger partial charge in [0.05, 0.1) is 0 Å². The molecule has 0 saturated carbocycles. The largest absolute Gasteiger partial charge is 0.480 e. The van der Waals surface area contributed by atoms with Crippen molar-refractivity contribution in [2.24, 2.45) is 0 Å². The van der Waals surface area contributed by atoms with Crippen LogP contribution >= 0.6 is 24.8 Å². The van der Waals surface area contributed by atoms with E-state index in [9.17, 15) is 4.79 Å². The topological polar surface area (TPSA) is 43.8 Å². The first-order valence-corrected chi connectivity index (χ1v) is 3.70. The molecule has 0 bridgehead atoms. The monoisotopic (exact) mass is 194 g/mol. The van der Waals surface area contributed by atoms with Crippen molar-refractivity contribution in [2.45, 2.75) is 0 Å². The molecular weight excluding hydrogens is 184 g/mol. The summed E-state index contributed by atoms with van der Waals surface area (Å²) in [5, 5.41) is 11.3. The minimum Gasteiger partial charge on any atom is -0.480 e. The lowest BCUT2D eigenvalue weighted by molar-refractivity contribution is -0.140. The molecule has 0 aromatic rings. The van der Waals surface area contributed by atoms with Gasteiger partial charge in [-0.05, 0) is 0 Å². The molecule has 1 N–H and O–H groups in total. The van der Waals surface area contributed by atoms with Gasteiger partial charge in [-0.3, -0.25) is 9.80 Å². The maximum Gasteiger partial charge on any atom is 0.319 e. The molecule has 0 rings (SSSR count). The van der Waals surface area contributed by atoms with Gasteiger partial charge >= 0.3 is 5.97 Å². The van der Waals surface area contributed by atoms with Crippen molar-refractivity contribution >= 4 is 35.1 Å². The summed E-state index contributed by atoms with van der Waals surface area (Å²) in [6.07, 6.45) is 0. The molecule has 0 saturated heterocycles. The highest BCUT2D eigenvalue weighted by Gasteiger charge is 2.09. The number of aliphatic carboxylic acids is 1. The van der Waals surface area contributed by atoms with Crippen LogP contribution in [0.3, 0.4) is 0 Å². The van der Waals surface area contributed by atoms with Gasteiger partial charge in [0.25, 0.3) is 0 Å². The average Bonchev–Trinajstić information content (AvgIpc) is 1.84. The van der Waals surface area contributed by atoms with E-state index in [2.05, 4.69) is 12.6 Å². The number of carbonyl (C=O) groups is 1. The summed E-state index contributed by atoms with van der Waals surface area (Å²) in [4.78, 5) is 10.2. The van der Waals surface area contributed by atoms with Crippen LogP contribution in [0.25, 0.3) is 0 Å². The summed E-state index contributed by atoms with van der Waals surface area (Å²) in [6, 6.07) is 0. The lowest BCUT2D eigenvalue weighted by Gasteiger charge is -2.26. The Balaban J connectivity index is 3.92. The zero-order valence-corrected chi connectivity index (χ0v) is 8.02. The summed E-state index contributed by atoms with van der Waals surface area (Å²) < 4.78 is 0.341. The van der Waals surface area contributed by atoms with Gasteiger partial charge in [-0.15, -0.1) is 12.6 Å². The van der Waals surface area contributed by atoms with Crippen LogP contribution < -0.4 is 0 Å². The molecule has 0 aliphatic heterocycles. The first-order chi connectivity index (χ1) is 4.95. The molecule has 0 fully saturated rings. The fourth-order valence-electron chi connectivity index (χ4n) is 0.448. The molecule has 0 aliphatic carbocycles. The molecule has 0 spiro atoms. The minimum absolute atomic E-state index is 0.0861. The van der Waals surface area contributed by atoms with E-state index >= 15 is 0 Å². The van der Waals surface area contributed by atoms with Crippen molar-refractivity contribution in [3.8, 4) is 0 Å². The van der Waals surface area contributed by atoms with Crippen molar-refractivity contribution in [2.75, 3.05) is 20.6 Å². The third-order valence-corrected chi connectivity index (χ3v) is 1.71. The average molecular weight is 194 g/mol. The van der Waals surface area contributed by atoms with Crippen LogP contribution in [0.5, 0.6) is 0 Å². The third-order valence-electron chi connectivity index (χ3n) is 1.15. The Morgan fingerprint density at radius 2 is 2.09 bits per heavy atom. The lowest BCUT2D eigenvalue weighted by atomic mass is 10.6. The van der Waals surface area contributed by atoms with E-state index in [0.717, 1.165) is 0 Å². The van der Waals surface area contributed by atoms with Crippen LogP contribution in [0.15, 0.2) is 0 Å². The van der Waals surface area contributed by atoms with E-state index in [4.69, 9.17) is 17.3 Å². The predicted molar refractivity (Wildman–Crippen MR) is 49.6 cm³/mol. The zero-order chi connectivity index (χ0) is 9.02. The number of likely N-dealkylation sites (N-methyl/N-ethyl adjacent to an activating group) is 1. The second-order valence-corrected chi connectivity index (χ2v) is 3.13. The highest BCUT2D eigenvalue weighted by atomic mass is 32.1. The van der Waals surface area contributed by atoms with Crippen LogP contribution in [-0.4, -0.2) is 46.1 Å². The molecule has 0 heterocycles. The Hall–Kier alpha value is -0.330. The molecule has 0 unspecified atom stereocenters. The Morgan fingerprint density at radius 3 is 2.36 bits per heavy atom. The fourth-order valence-corrected chi connectivity index (χ4v) is 0.740. The molecule has 11 heavy (non-hydrogen) atoms. The summed E-state index contributed by atoms with van der Waals surface area (Å²) in [5.74, 6) is -0.899. The second-order valence-electron chi connectivity index (χ2n) is 2.02. The van der Waals surface area contributed by atoms with E-state index in [0.29, 0.717) is 4.32 Å². The quantitative estimate of drug-likeness (QED) is 0.378. The molecular formula is C5H10N2O2S2. The standard InChI is InChI=1S/C5H10N2O2S2/c1-6(3-4(8)9)7(2)5(10)11/h3H2,1-2H3,(H,8,9)(H,10,11). The lowest BCUT2D eigenvalue weighted by Crippen LogP contribution is -2.41. The van der Waals surface area contributed by atoms with Crippen molar-refractivity contribution in [1.29, 1.82) is 0 Å². The number of carboxylic acid groups (broad SMARTS) is 1. The molecule has 0 radical (unpaired) electrons. The van der Waals surface area contributed by atoms with Crippen LogP contribution in [-0.2, 0) is 4.79 Å². The van der Waals surface area contributed by atoms with Crippen molar-refractivity contribution in [3.05, 3.63) is 0 Å². The maximum atomic E-state index is 10.2. The SMILES string of the molecule is CN(CC(=O)O)N(C)C(=S)S. The fraction of sp³-hybridized carbons (Fsp3) is 0.600. The molecule has 0 aromatic carbocycles. The number of rotatable bonds is 3. The maximum absolute atomic E-state index is 10.2. The number of hydrazine groups is 1. The third kappa shape index (κ3) is 4.18. The van der Waals surface area contributed by atoms with Gasteiger partial charge < -0.3 is 5.11 Å². The smallest absolute Gasteiger partial charge is 0.319 e. The molecule has 0 aliphatic rings. The molecule has 6 heteroatoms. The van der Waals surface area contributed by atoms with Crippen LogP contribution in [0.4, 0.5) is 0 Å². The van der Waals surface area contributed by atoms with E-state index in [1.807, 2.05) is 0 Å². The van der Waals surface area contributed by atoms with Gasteiger partial charge in [0, 0.05) is 14.1 Å². The molecule has 4 nitrogen and oxygen atoms in total. The Bertz CT molecular complexity index is 174. The van der Waals surface area contributed by atoms with Crippen LogP contribution in [0.1, 0.15) is 0 Å². The molecule has 64 valence electrons. The van der Waals surface area contributed by atoms with Gasteiger partial charge in [-0.25, -0.2) is 5.01 Å². The van der Waals surface area contributed by atoms with Gasteiger partial charge in [0.15, 0.2) is 0 Å². The highest BCUT2D eigenvalue weighted by molar-refractivity contribution is 8.10. The van der Waals surface area contributed by atoms with Gasteiger partial charge in [0.2, 0.25) is 0 Å². The van der Waals surface area contributed by atoms with Gasteiger partial charge in [-0.1, -0.05) is 12.2 Å². The summed E-state index contributed by atoms with van der Waals surface area (Å²) >= 11 is 8.58. The number of hydrogen-bond acceptors (Lipinski definition) is 3. The Kier molecular flexibility index (Phi) is 4.39. The van der Waals surface area contributed by atoms with Crippen molar-refractivity contribution in [1.82, 2.24) is 10.0 Å². The first-order valence-electron chi connectivity index (χ1n) is 2.84. The van der Waals surface area contributed by atoms with Crippen LogP contribution in [0, 0.1) is 0 Å². The first kappa shape index (κ1) is 10.7. The predicted octanol–water partition coefficient (Wildman–Crippen LogP) is 0.0643. The van der Waals surface area contributed by atoms with Crippen LogP contribution in [0.2, 0.25) is 0 Å². The zero-order valence-electron chi connectivity index (χ0n) is 6.31. The summed E-state index contributed by atoms with van der Waals surface area (Å²) in [6.45, 7) is -0.0861. The second kappa shape index (κ2) is 4.53. The molecule has 0 aromatic heterocycles. The molecule has 0 atom stereocenters. The van der Waals surface area contributed by atoms with E-state index in [-0.39, 0.29) is 6.54 Å². The van der Waals surface area contributed by atoms with E-state index in [1.165, 1.54) is 10.0 Å². The normalized spacial score (nSPS) is 9.82. The number of carboxylic acids is 1. The van der Waals surface area contributed by atoms with E-state index < -0.39 is 5.97 Å². The van der Waals surface area contributed by atoms with Crippen molar-refractivity contribution in [3.63, 3.8) is 0 Å². The minimum atomic E-state index is -0.899.